The standard InChI is InChI=1S/C9H16S/c1-3-5-7-9-10-8-6-4-2/h4,6-9H2,1-2H3. The van der Waals surface area contributed by atoms with Gasteiger partial charge < -0.3 is 0 Å². The Morgan fingerprint density at radius 2 is 2.10 bits per heavy atom. The largest absolute Gasteiger partial charge is 0.161 e. The Balaban J connectivity index is 2.82. The smallest absolute Gasteiger partial charge is 0.0179 e. The van der Waals surface area contributed by atoms with Crippen molar-refractivity contribution in [3.63, 3.8) is 0 Å². The maximum absolute atomic E-state index is 3.05. The molecular weight excluding hydrogens is 140 g/mol. The Hall–Kier alpha value is -0.0900. The third kappa shape index (κ3) is 7.91. The summed E-state index contributed by atoms with van der Waals surface area (Å²) in [5.74, 6) is 8.47. The topological polar surface area (TPSA) is 0 Å². The third-order valence-electron chi connectivity index (χ3n) is 1.19. The quantitative estimate of drug-likeness (QED) is 0.435. The Morgan fingerprint density at radius 3 is 2.70 bits per heavy atom. The lowest BCUT2D eigenvalue weighted by Gasteiger charge is -1.94. The van der Waals surface area contributed by atoms with Gasteiger partial charge in [-0.3, -0.25) is 0 Å². The van der Waals surface area contributed by atoms with E-state index < -0.39 is 0 Å². The van der Waals surface area contributed by atoms with E-state index >= 15 is 0 Å². The number of hydrogen-bond donors (Lipinski definition) is 0. The summed E-state index contributed by atoms with van der Waals surface area (Å²) in [6, 6.07) is 0. The number of thioether (sulfide) groups is 1. The van der Waals surface area contributed by atoms with Gasteiger partial charge in [-0.1, -0.05) is 13.3 Å². The number of hydrogen-bond acceptors (Lipinski definition) is 1. The first-order chi connectivity index (χ1) is 4.91. The van der Waals surface area contributed by atoms with Crippen LogP contribution in [0, 0.1) is 11.8 Å². The van der Waals surface area contributed by atoms with Crippen molar-refractivity contribution in [3.05, 3.63) is 0 Å². The van der Waals surface area contributed by atoms with Crippen LogP contribution in [0.5, 0.6) is 0 Å². The van der Waals surface area contributed by atoms with Crippen molar-refractivity contribution < 1.29 is 0 Å². The monoisotopic (exact) mass is 156 g/mol. The highest BCUT2D eigenvalue weighted by atomic mass is 32.2. The number of unbranched alkanes of at least 4 members (excludes halogenated alkanes) is 1. The predicted molar refractivity (Wildman–Crippen MR) is 50.3 cm³/mol. The molecule has 58 valence electrons. The molecule has 0 aromatic rings. The van der Waals surface area contributed by atoms with Gasteiger partial charge in [0.1, 0.15) is 0 Å². The minimum atomic E-state index is 1.06. The Morgan fingerprint density at radius 1 is 1.30 bits per heavy atom. The van der Waals surface area contributed by atoms with Crippen LogP contribution in [0.2, 0.25) is 0 Å². The molecule has 0 saturated heterocycles. The molecule has 0 radical (unpaired) electrons. The van der Waals surface area contributed by atoms with Crippen molar-refractivity contribution in [1.29, 1.82) is 0 Å². The molecule has 0 aliphatic carbocycles. The van der Waals surface area contributed by atoms with Crippen LogP contribution in [-0.2, 0) is 0 Å². The van der Waals surface area contributed by atoms with Gasteiger partial charge in [0.05, 0.1) is 0 Å². The summed E-state index contributed by atoms with van der Waals surface area (Å²) < 4.78 is 0. The zero-order valence-corrected chi connectivity index (χ0v) is 7.76. The van der Waals surface area contributed by atoms with Crippen molar-refractivity contribution in [3.8, 4) is 11.8 Å². The van der Waals surface area contributed by atoms with Crippen molar-refractivity contribution in [2.75, 3.05) is 11.5 Å². The van der Waals surface area contributed by atoms with Gasteiger partial charge in [-0.2, -0.15) is 11.8 Å². The molecule has 0 amide bonds. The normalized spacial score (nSPS) is 8.60. The zero-order valence-electron chi connectivity index (χ0n) is 6.94. The molecule has 0 aliphatic heterocycles. The molecule has 0 aromatic heterocycles. The molecule has 0 saturated carbocycles. The van der Waals surface area contributed by atoms with E-state index in [2.05, 4.69) is 18.8 Å². The van der Waals surface area contributed by atoms with Gasteiger partial charge in [0.15, 0.2) is 0 Å². The van der Waals surface area contributed by atoms with Gasteiger partial charge >= 0.3 is 0 Å². The van der Waals surface area contributed by atoms with Gasteiger partial charge in [0, 0.05) is 12.2 Å². The van der Waals surface area contributed by atoms with E-state index in [1.807, 2.05) is 18.7 Å². The third-order valence-corrected chi connectivity index (χ3v) is 2.26. The molecule has 10 heavy (non-hydrogen) atoms. The lowest BCUT2D eigenvalue weighted by Crippen LogP contribution is -1.80. The van der Waals surface area contributed by atoms with E-state index in [9.17, 15) is 0 Å². The van der Waals surface area contributed by atoms with Gasteiger partial charge in [-0.25, -0.2) is 0 Å². The predicted octanol–water partition coefficient (Wildman–Crippen LogP) is 2.93. The molecule has 0 spiro atoms. The van der Waals surface area contributed by atoms with Crippen LogP contribution in [0.15, 0.2) is 0 Å². The van der Waals surface area contributed by atoms with E-state index in [0.717, 1.165) is 6.42 Å². The van der Waals surface area contributed by atoms with Crippen LogP contribution in [0.25, 0.3) is 0 Å². The van der Waals surface area contributed by atoms with Gasteiger partial charge in [-0.15, -0.1) is 11.8 Å². The fourth-order valence-corrected chi connectivity index (χ4v) is 1.54. The summed E-state index contributed by atoms with van der Waals surface area (Å²) in [6.45, 7) is 4.13. The van der Waals surface area contributed by atoms with Gasteiger partial charge in [0.25, 0.3) is 0 Å². The van der Waals surface area contributed by atoms with Crippen LogP contribution in [0.4, 0.5) is 0 Å². The molecule has 0 heterocycles. The van der Waals surface area contributed by atoms with Crippen LogP contribution in [0.3, 0.4) is 0 Å². The molecule has 0 nitrogen and oxygen atoms in total. The average molecular weight is 156 g/mol. The van der Waals surface area contributed by atoms with Crippen molar-refractivity contribution >= 4 is 11.8 Å². The first-order valence-electron chi connectivity index (χ1n) is 3.89. The van der Waals surface area contributed by atoms with Crippen LogP contribution in [0.1, 0.15) is 33.1 Å². The molecule has 0 aliphatic rings. The van der Waals surface area contributed by atoms with E-state index in [4.69, 9.17) is 0 Å². The second-order valence-corrected chi connectivity index (χ2v) is 3.37. The molecule has 0 atom stereocenters. The molecule has 1 heteroatoms. The minimum Gasteiger partial charge on any atom is -0.161 e. The molecule has 0 bridgehead atoms. The highest BCUT2D eigenvalue weighted by molar-refractivity contribution is 7.99. The highest BCUT2D eigenvalue weighted by Crippen LogP contribution is 2.04. The molecule has 0 aromatic carbocycles. The summed E-state index contributed by atoms with van der Waals surface area (Å²) in [4.78, 5) is 0. The first kappa shape index (κ1) is 9.91. The van der Waals surface area contributed by atoms with Gasteiger partial charge in [-0.05, 0) is 19.1 Å². The van der Waals surface area contributed by atoms with Crippen LogP contribution in [-0.4, -0.2) is 11.5 Å². The lowest BCUT2D eigenvalue weighted by atomic mass is 10.4. The van der Waals surface area contributed by atoms with Crippen LogP contribution >= 0.6 is 11.8 Å². The van der Waals surface area contributed by atoms with E-state index in [1.165, 1.54) is 24.3 Å². The second kappa shape index (κ2) is 8.91. The molecule has 0 rings (SSSR count). The Labute approximate surface area is 68.8 Å². The van der Waals surface area contributed by atoms with E-state index in [1.54, 1.807) is 0 Å². The molecule has 0 fully saturated rings. The van der Waals surface area contributed by atoms with Crippen molar-refractivity contribution in [2.24, 2.45) is 0 Å². The zero-order chi connectivity index (χ0) is 7.66. The second-order valence-electron chi connectivity index (χ2n) is 2.14. The molecule has 0 unspecified atom stereocenters. The van der Waals surface area contributed by atoms with Crippen molar-refractivity contribution in [2.45, 2.75) is 33.1 Å². The lowest BCUT2D eigenvalue weighted by molar-refractivity contribution is 0.896. The van der Waals surface area contributed by atoms with E-state index in [-0.39, 0.29) is 0 Å². The van der Waals surface area contributed by atoms with E-state index in [0.29, 0.717) is 0 Å². The Kier molecular flexibility index (Phi) is 8.83. The SMILES string of the molecule is CC#CCCSCCCC. The minimum absolute atomic E-state index is 1.06. The summed E-state index contributed by atoms with van der Waals surface area (Å²) >= 11 is 2.02. The number of rotatable bonds is 5. The highest BCUT2D eigenvalue weighted by Gasteiger charge is 1.84. The summed E-state index contributed by atoms with van der Waals surface area (Å²) in [6.07, 6.45) is 3.72. The maximum Gasteiger partial charge on any atom is 0.0179 e. The van der Waals surface area contributed by atoms with Gasteiger partial charge in [0.2, 0.25) is 0 Å². The average Bonchev–Trinajstić information content (AvgIpc) is 1.97. The molecular formula is C9H16S. The van der Waals surface area contributed by atoms with Crippen molar-refractivity contribution in [1.82, 2.24) is 0 Å². The fourth-order valence-electron chi connectivity index (χ4n) is 0.597. The summed E-state index contributed by atoms with van der Waals surface area (Å²) in [5, 5.41) is 0. The maximum atomic E-state index is 3.05. The summed E-state index contributed by atoms with van der Waals surface area (Å²) in [5.41, 5.74) is 0. The van der Waals surface area contributed by atoms with Crippen LogP contribution < -0.4 is 0 Å². The summed E-state index contributed by atoms with van der Waals surface area (Å²) in [7, 11) is 0. The Bertz CT molecular complexity index is 108. The molecule has 0 N–H and O–H groups in total. The first-order valence-corrected chi connectivity index (χ1v) is 5.04. The fraction of sp³-hybridized carbons (Fsp3) is 0.778.